The molecule has 0 amide bonds. The summed E-state index contributed by atoms with van der Waals surface area (Å²) < 4.78 is 57.6. The van der Waals surface area contributed by atoms with Crippen molar-refractivity contribution in [2.45, 2.75) is 50.4 Å². The van der Waals surface area contributed by atoms with E-state index in [1.165, 1.54) is 0 Å². The summed E-state index contributed by atoms with van der Waals surface area (Å²) in [7, 11) is -3.42. The quantitative estimate of drug-likeness (QED) is 0.720. The first-order chi connectivity index (χ1) is 10.2. The molecule has 2 rings (SSSR count). The van der Waals surface area contributed by atoms with E-state index < -0.39 is 34.2 Å². The van der Waals surface area contributed by atoms with Gasteiger partial charge in [0.05, 0.1) is 30.6 Å². The Morgan fingerprint density at radius 3 is 2.59 bits per heavy atom. The topological polar surface area (TPSA) is 78.9 Å². The highest BCUT2D eigenvalue weighted by atomic mass is 32.2. The van der Waals surface area contributed by atoms with Gasteiger partial charge >= 0.3 is 0 Å². The highest BCUT2D eigenvalue weighted by Crippen LogP contribution is 2.28. The highest BCUT2D eigenvalue weighted by Gasteiger charge is 2.40. The summed E-state index contributed by atoms with van der Waals surface area (Å²) in [4.78, 5) is 1.83. The van der Waals surface area contributed by atoms with E-state index in [4.69, 9.17) is 4.74 Å². The first kappa shape index (κ1) is 18.0. The summed E-state index contributed by atoms with van der Waals surface area (Å²) in [5, 5.41) is 10.2. The van der Waals surface area contributed by atoms with Crippen molar-refractivity contribution in [2.24, 2.45) is 0 Å². The molecule has 3 atom stereocenters. The molecule has 22 heavy (non-hydrogen) atoms. The average Bonchev–Trinajstić information content (AvgIpc) is 2.73. The zero-order valence-electron chi connectivity index (χ0n) is 12.7. The van der Waals surface area contributed by atoms with E-state index in [1.54, 1.807) is 6.92 Å². The Labute approximate surface area is 129 Å². The molecule has 2 aliphatic rings. The van der Waals surface area contributed by atoms with Crippen LogP contribution in [0.5, 0.6) is 0 Å². The fraction of sp³-hybridized carbons (Fsp3) is 1.00. The predicted molar refractivity (Wildman–Crippen MR) is 77.4 cm³/mol. The van der Waals surface area contributed by atoms with Crippen LogP contribution in [-0.4, -0.2) is 74.6 Å². The third-order valence-corrected chi connectivity index (χ3v) is 5.72. The number of hydrogen-bond donors (Lipinski definition) is 2. The van der Waals surface area contributed by atoms with Crippen LogP contribution in [0.25, 0.3) is 0 Å². The van der Waals surface area contributed by atoms with E-state index in [0.717, 1.165) is 0 Å². The molecule has 0 aromatic carbocycles. The van der Waals surface area contributed by atoms with Crippen molar-refractivity contribution in [2.75, 3.05) is 32.0 Å². The van der Waals surface area contributed by atoms with Gasteiger partial charge in [0.25, 0.3) is 5.92 Å². The zero-order chi connectivity index (χ0) is 16.4. The zero-order valence-corrected chi connectivity index (χ0v) is 13.5. The number of ether oxygens (including phenoxy) is 1. The molecule has 3 unspecified atom stereocenters. The number of aliphatic hydroxyl groups is 1. The first-order valence-corrected chi connectivity index (χ1v) is 9.27. The molecule has 2 fully saturated rings. The molecule has 0 radical (unpaired) electrons. The maximum atomic E-state index is 13.1. The van der Waals surface area contributed by atoms with Crippen molar-refractivity contribution in [3.63, 3.8) is 0 Å². The van der Waals surface area contributed by atoms with Crippen LogP contribution in [0.4, 0.5) is 8.78 Å². The number of likely N-dealkylation sites (tertiary alicyclic amines) is 1. The number of nitrogens with zero attached hydrogens (tertiary/aromatic N) is 1. The molecule has 0 aromatic rings. The Morgan fingerprint density at radius 1 is 1.36 bits per heavy atom. The third kappa shape index (κ3) is 4.82. The summed E-state index contributed by atoms with van der Waals surface area (Å²) in [6, 6.07) is -0.673. The van der Waals surface area contributed by atoms with Crippen molar-refractivity contribution in [1.82, 2.24) is 9.62 Å². The number of nitrogens with one attached hydrogen (secondary N) is 1. The number of aliphatic hydroxyl groups excluding tert-OH is 1. The standard InChI is InChI=1S/C13H24F2N2O4S/c1-2-7-22(19,20)16-10-9-21-11(12(10)18)8-17-5-3-13(14,15)4-6-17/h10-12,16,18H,2-9H2,1H3. The minimum Gasteiger partial charge on any atom is -0.389 e. The van der Waals surface area contributed by atoms with Gasteiger partial charge in [0.2, 0.25) is 10.0 Å². The van der Waals surface area contributed by atoms with Gasteiger partial charge in [-0.05, 0) is 6.42 Å². The normalized spacial score (nSPS) is 33.2. The molecule has 2 N–H and O–H groups in total. The summed E-state index contributed by atoms with van der Waals surface area (Å²) in [6.45, 7) is 2.70. The minimum atomic E-state index is -3.42. The Bertz CT molecular complexity index is 465. The molecule has 6 nitrogen and oxygen atoms in total. The Balaban J connectivity index is 1.83. The molecule has 0 aliphatic carbocycles. The van der Waals surface area contributed by atoms with Gasteiger partial charge in [-0.3, -0.25) is 0 Å². The molecule has 130 valence electrons. The van der Waals surface area contributed by atoms with Gasteiger partial charge < -0.3 is 14.7 Å². The van der Waals surface area contributed by atoms with Gasteiger partial charge in [0.15, 0.2) is 0 Å². The molecular weight excluding hydrogens is 318 g/mol. The smallest absolute Gasteiger partial charge is 0.250 e. The van der Waals surface area contributed by atoms with Gasteiger partial charge in [-0.2, -0.15) is 0 Å². The summed E-state index contributed by atoms with van der Waals surface area (Å²) in [5.74, 6) is -2.61. The van der Waals surface area contributed by atoms with E-state index in [-0.39, 0.29) is 38.3 Å². The van der Waals surface area contributed by atoms with Gasteiger partial charge in [-0.15, -0.1) is 0 Å². The molecule has 2 heterocycles. The summed E-state index contributed by atoms with van der Waals surface area (Å²) in [6.07, 6.45) is -1.41. The van der Waals surface area contributed by atoms with Crippen LogP contribution in [0, 0.1) is 0 Å². The molecule has 0 saturated carbocycles. The van der Waals surface area contributed by atoms with Crippen LogP contribution < -0.4 is 4.72 Å². The summed E-state index contributed by atoms with van der Waals surface area (Å²) >= 11 is 0. The number of piperidine rings is 1. The van der Waals surface area contributed by atoms with Crippen LogP contribution in [0.1, 0.15) is 26.2 Å². The number of sulfonamides is 1. The van der Waals surface area contributed by atoms with Gasteiger partial charge in [0.1, 0.15) is 0 Å². The lowest BCUT2D eigenvalue weighted by atomic mass is 10.0. The Kier molecular flexibility index (Phi) is 5.76. The van der Waals surface area contributed by atoms with E-state index in [0.29, 0.717) is 13.0 Å². The lowest BCUT2D eigenvalue weighted by Gasteiger charge is -2.33. The third-order valence-electron chi connectivity index (χ3n) is 4.11. The molecule has 0 bridgehead atoms. The number of alkyl halides is 2. The fourth-order valence-corrected chi connectivity index (χ4v) is 4.15. The van der Waals surface area contributed by atoms with E-state index >= 15 is 0 Å². The first-order valence-electron chi connectivity index (χ1n) is 7.62. The second kappa shape index (κ2) is 7.04. The van der Waals surface area contributed by atoms with Crippen LogP contribution in [0.15, 0.2) is 0 Å². The average molecular weight is 342 g/mol. The van der Waals surface area contributed by atoms with E-state index in [1.807, 2.05) is 4.90 Å². The number of rotatable bonds is 6. The second-order valence-corrected chi connectivity index (χ2v) is 7.94. The SMILES string of the molecule is CCCS(=O)(=O)NC1COC(CN2CCC(F)(F)CC2)C1O. The van der Waals surface area contributed by atoms with Crippen molar-refractivity contribution < 1.29 is 27.0 Å². The lowest BCUT2D eigenvalue weighted by Crippen LogP contribution is -2.49. The fourth-order valence-electron chi connectivity index (χ4n) is 2.82. The van der Waals surface area contributed by atoms with Gasteiger partial charge in [-0.1, -0.05) is 6.92 Å². The van der Waals surface area contributed by atoms with Crippen LogP contribution in [0.3, 0.4) is 0 Å². The lowest BCUT2D eigenvalue weighted by molar-refractivity contribution is -0.0674. The van der Waals surface area contributed by atoms with Crippen molar-refractivity contribution in [3.05, 3.63) is 0 Å². The van der Waals surface area contributed by atoms with Crippen LogP contribution in [-0.2, 0) is 14.8 Å². The second-order valence-electron chi connectivity index (χ2n) is 6.06. The Morgan fingerprint density at radius 2 is 2.00 bits per heavy atom. The molecular formula is C13H24F2N2O4S. The predicted octanol–water partition coefficient (Wildman–Crippen LogP) is 0.175. The number of halogens is 2. The molecule has 2 aliphatic heterocycles. The van der Waals surface area contributed by atoms with E-state index in [9.17, 15) is 22.3 Å². The number of hydrogen-bond acceptors (Lipinski definition) is 5. The molecule has 0 spiro atoms. The highest BCUT2D eigenvalue weighted by molar-refractivity contribution is 7.89. The van der Waals surface area contributed by atoms with Crippen molar-refractivity contribution >= 4 is 10.0 Å². The van der Waals surface area contributed by atoms with Crippen molar-refractivity contribution in [3.8, 4) is 0 Å². The molecule has 0 aromatic heterocycles. The van der Waals surface area contributed by atoms with Crippen molar-refractivity contribution in [1.29, 1.82) is 0 Å². The summed E-state index contributed by atoms with van der Waals surface area (Å²) in [5.41, 5.74) is 0. The minimum absolute atomic E-state index is 0.00208. The monoisotopic (exact) mass is 342 g/mol. The maximum Gasteiger partial charge on any atom is 0.250 e. The molecule has 2 saturated heterocycles. The van der Waals surface area contributed by atoms with Crippen LogP contribution in [0.2, 0.25) is 0 Å². The molecule has 9 heteroatoms. The van der Waals surface area contributed by atoms with Gasteiger partial charge in [-0.25, -0.2) is 21.9 Å². The maximum absolute atomic E-state index is 13.1. The van der Waals surface area contributed by atoms with E-state index in [2.05, 4.69) is 4.72 Å². The Hall–Kier alpha value is -0.350. The van der Waals surface area contributed by atoms with Gasteiger partial charge in [0, 0.05) is 32.5 Å². The van der Waals surface area contributed by atoms with Crippen LogP contribution >= 0.6 is 0 Å². The largest absolute Gasteiger partial charge is 0.389 e.